The summed E-state index contributed by atoms with van der Waals surface area (Å²) in [5, 5.41) is 3.35. The van der Waals surface area contributed by atoms with Gasteiger partial charge < -0.3 is 20.7 Å². The minimum Gasteiger partial charge on any atom is -0.399 e. The smallest absolute Gasteiger partial charge is 0.0874 e. The average molecular weight is 221 g/mol. The van der Waals surface area contributed by atoms with Crippen LogP contribution in [0.25, 0.3) is 0 Å². The van der Waals surface area contributed by atoms with Gasteiger partial charge in [0.2, 0.25) is 0 Å². The third kappa shape index (κ3) is 3.12. The Morgan fingerprint density at radius 3 is 2.88 bits per heavy atom. The summed E-state index contributed by atoms with van der Waals surface area (Å²) in [6.07, 6.45) is 0.274. The Labute approximate surface area is 96.4 Å². The van der Waals surface area contributed by atoms with Gasteiger partial charge in [0.25, 0.3) is 0 Å². The van der Waals surface area contributed by atoms with Gasteiger partial charge in [-0.05, 0) is 31.3 Å². The van der Waals surface area contributed by atoms with Crippen LogP contribution in [0.5, 0.6) is 0 Å². The van der Waals surface area contributed by atoms with Crippen LogP contribution in [0.15, 0.2) is 24.3 Å². The second-order valence-electron chi connectivity index (χ2n) is 4.26. The number of nitrogens with two attached hydrogens (primary N) is 1. The standard InChI is InChI=1S/C12H19N3O/c1-15-6-7-16-12(9-15)8-14-11-4-2-10(13)3-5-11/h2-5,12,14H,6-9,13H2,1H3. The van der Waals surface area contributed by atoms with Crippen LogP contribution in [0.3, 0.4) is 0 Å². The Balaban J connectivity index is 1.80. The molecule has 0 amide bonds. The van der Waals surface area contributed by atoms with E-state index >= 15 is 0 Å². The van der Waals surface area contributed by atoms with Crippen LogP contribution in [0.4, 0.5) is 11.4 Å². The van der Waals surface area contributed by atoms with Gasteiger partial charge in [0.15, 0.2) is 0 Å². The van der Waals surface area contributed by atoms with Gasteiger partial charge in [-0.2, -0.15) is 0 Å². The SMILES string of the molecule is CN1CCOC(CNc2ccc(N)cc2)C1. The lowest BCUT2D eigenvalue weighted by atomic mass is 10.2. The molecular formula is C12H19N3O. The summed E-state index contributed by atoms with van der Waals surface area (Å²) >= 11 is 0. The maximum absolute atomic E-state index is 5.66. The number of hydrogen-bond donors (Lipinski definition) is 2. The van der Waals surface area contributed by atoms with Crippen LogP contribution in [0, 0.1) is 0 Å². The maximum atomic E-state index is 5.66. The lowest BCUT2D eigenvalue weighted by Gasteiger charge is -2.30. The van der Waals surface area contributed by atoms with Crippen molar-refractivity contribution in [3.8, 4) is 0 Å². The van der Waals surface area contributed by atoms with E-state index in [1.807, 2.05) is 24.3 Å². The number of benzene rings is 1. The van der Waals surface area contributed by atoms with E-state index in [1.165, 1.54) is 0 Å². The predicted molar refractivity (Wildman–Crippen MR) is 66.6 cm³/mol. The summed E-state index contributed by atoms with van der Waals surface area (Å²) in [7, 11) is 2.12. The monoisotopic (exact) mass is 221 g/mol. The lowest BCUT2D eigenvalue weighted by Crippen LogP contribution is -2.43. The fourth-order valence-electron chi connectivity index (χ4n) is 1.82. The molecular weight excluding hydrogens is 202 g/mol. The first-order valence-corrected chi connectivity index (χ1v) is 5.63. The van der Waals surface area contributed by atoms with Crippen molar-refractivity contribution in [2.24, 2.45) is 0 Å². The molecule has 1 unspecified atom stereocenters. The lowest BCUT2D eigenvalue weighted by molar-refractivity contribution is -0.0117. The highest BCUT2D eigenvalue weighted by Gasteiger charge is 2.16. The Morgan fingerprint density at radius 2 is 2.19 bits per heavy atom. The molecule has 0 aromatic heterocycles. The molecule has 1 aliphatic heterocycles. The molecule has 1 atom stereocenters. The zero-order chi connectivity index (χ0) is 11.4. The fraction of sp³-hybridized carbons (Fsp3) is 0.500. The van der Waals surface area contributed by atoms with Gasteiger partial charge in [-0.1, -0.05) is 0 Å². The quantitative estimate of drug-likeness (QED) is 0.748. The molecule has 0 spiro atoms. The van der Waals surface area contributed by atoms with Crippen molar-refractivity contribution in [1.82, 2.24) is 4.90 Å². The van der Waals surface area contributed by atoms with E-state index in [0.29, 0.717) is 0 Å². The van der Waals surface area contributed by atoms with Gasteiger partial charge in [-0.25, -0.2) is 0 Å². The van der Waals surface area contributed by atoms with Gasteiger partial charge in [0.1, 0.15) is 0 Å². The molecule has 0 bridgehead atoms. The number of ether oxygens (including phenoxy) is 1. The largest absolute Gasteiger partial charge is 0.399 e. The van der Waals surface area contributed by atoms with Crippen molar-refractivity contribution in [3.05, 3.63) is 24.3 Å². The first-order valence-electron chi connectivity index (χ1n) is 5.63. The Hall–Kier alpha value is -1.26. The molecule has 1 aromatic rings. The molecule has 1 aromatic carbocycles. The zero-order valence-corrected chi connectivity index (χ0v) is 9.65. The predicted octanol–water partition coefficient (Wildman–Crippen LogP) is 1.01. The molecule has 16 heavy (non-hydrogen) atoms. The van der Waals surface area contributed by atoms with Crippen LogP contribution in [0.2, 0.25) is 0 Å². The van der Waals surface area contributed by atoms with Crippen LogP contribution < -0.4 is 11.1 Å². The molecule has 0 aliphatic carbocycles. The third-order valence-corrected chi connectivity index (χ3v) is 2.79. The van der Waals surface area contributed by atoms with Crippen molar-refractivity contribution in [2.75, 3.05) is 44.3 Å². The van der Waals surface area contributed by atoms with Gasteiger partial charge in [0, 0.05) is 31.0 Å². The summed E-state index contributed by atoms with van der Waals surface area (Å²) in [5.74, 6) is 0. The molecule has 88 valence electrons. The van der Waals surface area contributed by atoms with Gasteiger partial charge in [-0.15, -0.1) is 0 Å². The number of hydrogen-bond acceptors (Lipinski definition) is 4. The zero-order valence-electron chi connectivity index (χ0n) is 9.65. The highest BCUT2D eigenvalue weighted by molar-refractivity contribution is 5.51. The molecule has 2 rings (SSSR count). The number of anilines is 2. The number of likely N-dealkylation sites (N-methyl/N-ethyl adjacent to an activating group) is 1. The molecule has 1 aliphatic rings. The van der Waals surface area contributed by atoms with Gasteiger partial charge in [-0.3, -0.25) is 0 Å². The molecule has 4 nitrogen and oxygen atoms in total. The van der Waals surface area contributed by atoms with Crippen molar-refractivity contribution < 1.29 is 4.74 Å². The second kappa shape index (κ2) is 5.18. The highest BCUT2D eigenvalue weighted by Crippen LogP contribution is 2.11. The van der Waals surface area contributed by atoms with Crippen molar-refractivity contribution in [3.63, 3.8) is 0 Å². The Kier molecular flexibility index (Phi) is 3.64. The Morgan fingerprint density at radius 1 is 1.44 bits per heavy atom. The summed E-state index contributed by atoms with van der Waals surface area (Å²) < 4.78 is 5.66. The van der Waals surface area contributed by atoms with E-state index < -0.39 is 0 Å². The molecule has 4 heteroatoms. The summed E-state index contributed by atoms with van der Waals surface area (Å²) in [4.78, 5) is 2.29. The van der Waals surface area contributed by atoms with E-state index in [9.17, 15) is 0 Å². The first-order chi connectivity index (χ1) is 7.74. The van der Waals surface area contributed by atoms with Crippen LogP contribution in [-0.2, 0) is 4.74 Å². The second-order valence-corrected chi connectivity index (χ2v) is 4.26. The average Bonchev–Trinajstić information content (AvgIpc) is 2.28. The molecule has 1 heterocycles. The topological polar surface area (TPSA) is 50.5 Å². The first kappa shape index (κ1) is 11.2. The van der Waals surface area contributed by atoms with Crippen molar-refractivity contribution >= 4 is 11.4 Å². The minimum absolute atomic E-state index is 0.274. The molecule has 1 saturated heterocycles. The molecule has 0 radical (unpaired) electrons. The Bertz CT molecular complexity index is 326. The number of morpholine rings is 1. The molecule has 3 N–H and O–H groups in total. The normalized spacial score (nSPS) is 21.9. The molecule has 1 fully saturated rings. The highest BCUT2D eigenvalue weighted by atomic mass is 16.5. The van der Waals surface area contributed by atoms with Crippen molar-refractivity contribution in [1.29, 1.82) is 0 Å². The summed E-state index contributed by atoms with van der Waals surface area (Å²) in [6.45, 7) is 3.68. The summed E-state index contributed by atoms with van der Waals surface area (Å²) in [5.41, 5.74) is 7.50. The minimum atomic E-state index is 0.274. The van der Waals surface area contributed by atoms with Crippen LogP contribution in [-0.4, -0.2) is 44.3 Å². The van der Waals surface area contributed by atoms with Gasteiger partial charge in [0.05, 0.1) is 12.7 Å². The van der Waals surface area contributed by atoms with E-state index in [-0.39, 0.29) is 6.10 Å². The number of nitrogen functional groups attached to an aromatic ring is 1. The third-order valence-electron chi connectivity index (χ3n) is 2.79. The van der Waals surface area contributed by atoms with Crippen LogP contribution >= 0.6 is 0 Å². The summed E-state index contributed by atoms with van der Waals surface area (Å²) in [6, 6.07) is 7.77. The van der Waals surface area contributed by atoms with E-state index in [4.69, 9.17) is 10.5 Å². The van der Waals surface area contributed by atoms with Crippen LogP contribution in [0.1, 0.15) is 0 Å². The van der Waals surface area contributed by atoms with E-state index in [0.717, 1.165) is 37.6 Å². The van der Waals surface area contributed by atoms with Crippen molar-refractivity contribution in [2.45, 2.75) is 6.10 Å². The van der Waals surface area contributed by atoms with E-state index in [1.54, 1.807) is 0 Å². The number of nitrogens with zero attached hydrogens (tertiary/aromatic N) is 1. The maximum Gasteiger partial charge on any atom is 0.0874 e. The number of nitrogens with one attached hydrogen (secondary N) is 1. The van der Waals surface area contributed by atoms with E-state index in [2.05, 4.69) is 17.3 Å². The fourth-order valence-corrected chi connectivity index (χ4v) is 1.82. The van der Waals surface area contributed by atoms with Gasteiger partial charge >= 0.3 is 0 Å². The molecule has 0 saturated carbocycles. The number of rotatable bonds is 3.